The van der Waals surface area contributed by atoms with Crippen LogP contribution in [0, 0.1) is 0 Å². The molecule has 8 heteroatoms. The third-order valence-electron chi connectivity index (χ3n) is 4.54. The molecule has 1 aliphatic carbocycles. The van der Waals surface area contributed by atoms with Gasteiger partial charge in [0.25, 0.3) is 0 Å². The summed E-state index contributed by atoms with van der Waals surface area (Å²) in [5.74, 6) is 3.01. The first-order valence-corrected chi connectivity index (χ1v) is 10.9. The third-order valence-corrected chi connectivity index (χ3v) is 5.82. The lowest BCUT2D eigenvalue weighted by Crippen LogP contribution is -2.14. The van der Waals surface area contributed by atoms with E-state index in [2.05, 4.69) is 27.0 Å². The highest BCUT2D eigenvalue weighted by Crippen LogP contribution is 2.40. The van der Waals surface area contributed by atoms with Crippen molar-refractivity contribution in [1.29, 1.82) is 0 Å². The number of halogens is 1. The summed E-state index contributed by atoms with van der Waals surface area (Å²) in [4.78, 5) is 12.3. The van der Waals surface area contributed by atoms with Gasteiger partial charge in [0.1, 0.15) is 17.3 Å². The van der Waals surface area contributed by atoms with Gasteiger partial charge in [-0.25, -0.2) is 0 Å². The predicted molar refractivity (Wildman–Crippen MR) is 115 cm³/mol. The standard InChI is InChI=1S/C21H21ClN4O2S/c1-2-26-20(14-7-8-14)24-25-21(26)29-13-19(27)23-15-9-11-16(12-10-15)28-18-6-4-3-5-17(18)22/h3-6,9-12,14H,2,7-8,13H2,1H3,(H,23,27). The minimum atomic E-state index is -0.0894. The van der Waals surface area contributed by atoms with Gasteiger partial charge >= 0.3 is 0 Å². The topological polar surface area (TPSA) is 69.0 Å². The van der Waals surface area contributed by atoms with E-state index in [4.69, 9.17) is 16.3 Å². The van der Waals surface area contributed by atoms with E-state index in [-0.39, 0.29) is 11.7 Å². The Morgan fingerprint density at radius 1 is 1.21 bits per heavy atom. The summed E-state index contributed by atoms with van der Waals surface area (Å²) >= 11 is 7.52. The second-order valence-electron chi connectivity index (χ2n) is 6.75. The molecule has 0 radical (unpaired) electrons. The molecule has 1 fully saturated rings. The molecule has 1 heterocycles. The maximum atomic E-state index is 12.3. The minimum absolute atomic E-state index is 0.0894. The summed E-state index contributed by atoms with van der Waals surface area (Å²) in [7, 11) is 0. The zero-order chi connectivity index (χ0) is 20.2. The number of carbonyl (C=O) groups is 1. The molecule has 4 rings (SSSR count). The van der Waals surface area contributed by atoms with Gasteiger partial charge in [0.2, 0.25) is 5.91 Å². The summed E-state index contributed by atoms with van der Waals surface area (Å²) in [6, 6.07) is 14.5. The Labute approximate surface area is 178 Å². The zero-order valence-corrected chi connectivity index (χ0v) is 17.5. The molecule has 1 saturated carbocycles. The molecule has 1 aliphatic rings. The van der Waals surface area contributed by atoms with Crippen molar-refractivity contribution in [3.05, 3.63) is 59.4 Å². The second-order valence-corrected chi connectivity index (χ2v) is 8.10. The number of rotatable bonds is 8. The second kappa shape index (κ2) is 8.88. The van der Waals surface area contributed by atoms with Crippen LogP contribution >= 0.6 is 23.4 Å². The van der Waals surface area contributed by atoms with Gasteiger partial charge in [-0.05, 0) is 56.2 Å². The van der Waals surface area contributed by atoms with Crippen molar-refractivity contribution in [1.82, 2.24) is 14.8 Å². The fourth-order valence-corrected chi connectivity index (χ4v) is 3.92. The molecule has 0 unspecified atom stereocenters. The van der Waals surface area contributed by atoms with Crippen molar-refractivity contribution in [3.8, 4) is 11.5 Å². The smallest absolute Gasteiger partial charge is 0.234 e. The highest BCUT2D eigenvalue weighted by atomic mass is 35.5. The molecule has 0 bridgehead atoms. The quantitative estimate of drug-likeness (QED) is 0.489. The number of anilines is 1. The van der Waals surface area contributed by atoms with Crippen LogP contribution in [0.5, 0.6) is 11.5 Å². The maximum Gasteiger partial charge on any atom is 0.234 e. The first-order valence-electron chi connectivity index (χ1n) is 9.52. The first kappa shape index (κ1) is 19.8. The molecule has 150 valence electrons. The van der Waals surface area contributed by atoms with Gasteiger partial charge < -0.3 is 14.6 Å². The molecule has 0 aliphatic heterocycles. The lowest BCUT2D eigenvalue weighted by Gasteiger charge is -2.09. The Morgan fingerprint density at radius 3 is 2.66 bits per heavy atom. The molecule has 29 heavy (non-hydrogen) atoms. The van der Waals surface area contributed by atoms with Crippen molar-refractivity contribution in [2.45, 2.75) is 37.4 Å². The SMILES string of the molecule is CCn1c(SCC(=O)Nc2ccc(Oc3ccccc3Cl)cc2)nnc1C1CC1. The first-order chi connectivity index (χ1) is 14.1. The maximum absolute atomic E-state index is 12.3. The lowest BCUT2D eigenvalue weighted by molar-refractivity contribution is -0.113. The summed E-state index contributed by atoms with van der Waals surface area (Å²) in [6.07, 6.45) is 2.36. The average Bonchev–Trinajstić information content (AvgIpc) is 3.49. The number of ether oxygens (including phenoxy) is 1. The lowest BCUT2D eigenvalue weighted by atomic mass is 10.3. The highest BCUT2D eigenvalue weighted by Gasteiger charge is 2.30. The minimum Gasteiger partial charge on any atom is -0.456 e. The number of aromatic nitrogens is 3. The molecule has 0 saturated heterocycles. The number of hydrogen-bond donors (Lipinski definition) is 1. The van der Waals surface area contributed by atoms with E-state index >= 15 is 0 Å². The monoisotopic (exact) mass is 428 g/mol. The molecular weight excluding hydrogens is 408 g/mol. The number of carbonyl (C=O) groups excluding carboxylic acids is 1. The van der Waals surface area contributed by atoms with Crippen LogP contribution in [-0.2, 0) is 11.3 Å². The number of benzene rings is 2. The van der Waals surface area contributed by atoms with Crippen LogP contribution in [0.25, 0.3) is 0 Å². The van der Waals surface area contributed by atoms with E-state index in [1.54, 1.807) is 36.4 Å². The van der Waals surface area contributed by atoms with Gasteiger partial charge in [0.05, 0.1) is 10.8 Å². The fraction of sp³-hybridized carbons (Fsp3) is 0.286. The Bertz CT molecular complexity index is 1000. The third kappa shape index (κ3) is 4.92. The molecule has 3 aromatic rings. The van der Waals surface area contributed by atoms with Crippen LogP contribution in [-0.4, -0.2) is 26.4 Å². The van der Waals surface area contributed by atoms with Gasteiger partial charge in [-0.3, -0.25) is 4.79 Å². The Hall–Kier alpha value is -2.51. The van der Waals surface area contributed by atoms with Gasteiger partial charge in [-0.2, -0.15) is 0 Å². The largest absolute Gasteiger partial charge is 0.456 e. The van der Waals surface area contributed by atoms with Gasteiger partial charge in [0, 0.05) is 18.2 Å². The van der Waals surface area contributed by atoms with E-state index < -0.39 is 0 Å². The van der Waals surface area contributed by atoms with E-state index in [1.807, 2.05) is 12.1 Å². The van der Waals surface area contributed by atoms with Crippen LogP contribution in [0.4, 0.5) is 5.69 Å². The van der Waals surface area contributed by atoms with Crippen LogP contribution in [0.2, 0.25) is 5.02 Å². The number of nitrogens with one attached hydrogen (secondary N) is 1. The van der Waals surface area contributed by atoms with E-state index in [0.717, 1.165) is 17.5 Å². The summed E-state index contributed by atoms with van der Waals surface area (Å²) in [5.41, 5.74) is 0.706. The van der Waals surface area contributed by atoms with E-state index in [1.165, 1.54) is 24.6 Å². The summed E-state index contributed by atoms with van der Waals surface area (Å²) in [5, 5.41) is 12.8. The summed E-state index contributed by atoms with van der Waals surface area (Å²) in [6.45, 7) is 2.89. The van der Waals surface area contributed by atoms with Crippen LogP contribution < -0.4 is 10.1 Å². The molecule has 1 N–H and O–H groups in total. The normalized spacial score (nSPS) is 13.3. The zero-order valence-electron chi connectivity index (χ0n) is 16.0. The number of amides is 1. The van der Waals surface area contributed by atoms with Crippen LogP contribution in [0.15, 0.2) is 53.7 Å². The van der Waals surface area contributed by atoms with Gasteiger partial charge in [-0.15, -0.1) is 10.2 Å². The van der Waals surface area contributed by atoms with Crippen molar-refractivity contribution < 1.29 is 9.53 Å². The van der Waals surface area contributed by atoms with Gasteiger partial charge in [0.15, 0.2) is 5.16 Å². The van der Waals surface area contributed by atoms with Crippen molar-refractivity contribution in [2.24, 2.45) is 0 Å². The van der Waals surface area contributed by atoms with E-state index in [9.17, 15) is 4.79 Å². The molecule has 2 aromatic carbocycles. The molecule has 0 spiro atoms. The predicted octanol–water partition coefficient (Wildman–Crippen LogP) is 5.35. The number of para-hydroxylation sites is 1. The molecule has 1 amide bonds. The van der Waals surface area contributed by atoms with Crippen molar-refractivity contribution in [3.63, 3.8) is 0 Å². The molecule has 6 nitrogen and oxygen atoms in total. The van der Waals surface area contributed by atoms with Crippen LogP contribution in [0.3, 0.4) is 0 Å². The Kier molecular flexibility index (Phi) is 6.06. The highest BCUT2D eigenvalue weighted by molar-refractivity contribution is 7.99. The van der Waals surface area contributed by atoms with Crippen molar-refractivity contribution in [2.75, 3.05) is 11.1 Å². The molecular formula is C21H21ClN4O2S. The number of hydrogen-bond acceptors (Lipinski definition) is 5. The summed E-state index contributed by atoms with van der Waals surface area (Å²) < 4.78 is 7.87. The molecule has 0 atom stereocenters. The fourth-order valence-electron chi connectivity index (χ4n) is 2.94. The van der Waals surface area contributed by atoms with Crippen molar-refractivity contribution >= 4 is 35.0 Å². The van der Waals surface area contributed by atoms with Crippen LogP contribution in [0.1, 0.15) is 31.5 Å². The Balaban J connectivity index is 1.31. The Morgan fingerprint density at radius 2 is 1.97 bits per heavy atom. The van der Waals surface area contributed by atoms with E-state index in [0.29, 0.717) is 28.1 Å². The average molecular weight is 429 g/mol. The number of thioether (sulfide) groups is 1. The van der Waals surface area contributed by atoms with Gasteiger partial charge in [-0.1, -0.05) is 35.5 Å². The number of nitrogens with zero attached hydrogens (tertiary/aromatic N) is 3. The molecule has 1 aromatic heterocycles.